The van der Waals surface area contributed by atoms with Gasteiger partial charge in [0.2, 0.25) is 0 Å². The Kier molecular flexibility index (Phi) is 12.2. The highest BCUT2D eigenvalue weighted by Gasteiger charge is 2.32. The smallest absolute Gasteiger partial charge is 0.335 e. The Bertz CT molecular complexity index is 651. The summed E-state index contributed by atoms with van der Waals surface area (Å²) >= 11 is 0. The van der Waals surface area contributed by atoms with E-state index in [9.17, 15) is 19.8 Å². The molecule has 0 saturated heterocycles. The number of carbonyl (C=O) groups is 2. The van der Waals surface area contributed by atoms with Gasteiger partial charge in [-0.1, -0.05) is 64.1 Å². The second-order valence-corrected chi connectivity index (χ2v) is 7.01. The van der Waals surface area contributed by atoms with Crippen LogP contribution < -0.4 is 0 Å². The van der Waals surface area contributed by atoms with Crippen LogP contribution in [0.25, 0.3) is 0 Å². The first-order valence-corrected chi connectivity index (χ1v) is 9.50. The Labute approximate surface area is 172 Å². The molecule has 2 atom stereocenters. The molecule has 2 rings (SSSR count). The number of aliphatic hydroxyl groups is 2. The number of aliphatic hydroxyl groups excluding tert-OH is 2. The highest BCUT2D eigenvalue weighted by Crippen LogP contribution is 2.28. The van der Waals surface area contributed by atoms with E-state index in [1.165, 1.54) is 0 Å². The molecule has 0 aliphatic rings. The molecule has 2 aromatic carbocycles. The zero-order valence-electron chi connectivity index (χ0n) is 17.4. The Morgan fingerprint density at radius 3 is 1.17 bits per heavy atom. The van der Waals surface area contributed by atoms with Gasteiger partial charge in [0.15, 0.2) is 0 Å². The zero-order valence-corrected chi connectivity index (χ0v) is 17.4. The number of hydrogen-bond acceptors (Lipinski definition) is 4. The molecule has 2 unspecified atom stereocenters. The number of carboxylic acids is 2. The maximum atomic E-state index is 10.2. The number of hydrogen-bond donors (Lipinski definition) is 4. The highest BCUT2D eigenvalue weighted by atomic mass is 16.4. The van der Waals surface area contributed by atoms with Crippen LogP contribution in [-0.2, 0) is 0 Å². The van der Waals surface area contributed by atoms with E-state index in [0.29, 0.717) is 24.0 Å². The molecule has 0 radical (unpaired) electrons. The Morgan fingerprint density at radius 2 is 1.00 bits per heavy atom. The van der Waals surface area contributed by atoms with Crippen LogP contribution in [0.1, 0.15) is 61.3 Å². The Balaban J connectivity index is 0.000000408. The van der Waals surface area contributed by atoms with Crippen molar-refractivity contribution in [1.29, 1.82) is 0 Å². The monoisotopic (exact) mass is 404 g/mol. The van der Waals surface area contributed by atoms with Crippen molar-refractivity contribution < 1.29 is 30.0 Å². The first-order valence-electron chi connectivity index (χ1n) is 9.50. The van der Waals surface area contributed by atoms with Crippen LogP contribution >= 0.6 is 0 Å². The van der Waals surface area contributed by atoms with E-state index in [2.05, 4.69) is 0 Å². The molecule has 4 N–H and O–H groups in total. The summed E-state index contributed by atoms with van der Waals surface area (Å²) in [5.41, 5.74) is 0.291. The second-order valence-electron chi connectivity index (χ2n) is 7.01. The van der Waals surface area contributed by atoms with Crippen molar-refractivity contribution in [2.45, 2.75) is 52.7 Å². The number of carboxylic acid groups (broad SMARTS) is 2. The molecule has 2 aromatic rings. The minimum atomic E-state index is -0.879. The summed E-state index contributed by atoms with van der Waals surface area (Å²) in [6, 6.07) is 16.6. The lowest BCUT2D eigenvalue weighted by atomic mass is 9.78. The quantitative estimate of drug-likeness (QED) is 0.570. The molecule has 0 heterocycles. The van der Waals surface area contributed by atoms with Gasteiger partial charge in [-0.05, 0) is 37.1 Å². The maximum Gasteiger partial charge on any atom is 0.335 e. The number of benzene rings is 2. The summed E-state index contributed by atoms with van der Waals surface area (Å²) in [7, 11) is 0. The molecule has 0 aliphatic heterocycles. The summed E-state index contributed by atoms with van der Waals surface area (Å²) in [5.74, 6) is -1.76. The van der Waals surface area contributed by atoms with Crippen LogP contribution in [0, 0.1) is 5.41 Å². The summed E-state index contributed by atoms with van der Waals surface area (Å²) in [4.78, 5) is 20.4. The van der Waals surface area contributed by atoms with Gasteiger partial charge < -0.3 is 20.4 Å². The molecule has 0 spiro atoms. The highest BCUT2D eigenvalue weighted by molar-refractivity contribution is 5.87. The topological polar surface area (TPSA) is 115 Å². The van der Waals surface area contributed by atoms with Crippen molar-refractivity contribution in [3.05, 3.63) is 71.8 Å². The first-order chi connectivity index (χ1) is 13.6. The number of rotatable bonds is 6. The van der Waals surface area contributed by atoms with E-state index in [0.717, 1.165) is 0 Å². The third-order valence-electron chi connectivity index (χ3n) is 4.53. The average molecular weight is 405 g/mol. The van der Waals surface area contributed by atoms with Gasteiger partial charge in [-0.15, -0.1) is 0 Å². The fraction of sp³-hybridized carbons (Fsp3) is 0.391. The predicted molar refractivity (Wildman–Crippen MR) is 113 cm³/mol. The van der Waals surface area contributed by atoms with Gasteiger partial charge in [-0.3, -0.25) is 0 Å². The predicted octanol–water partition coefficient (Wildman–Crippen LogP) is 4.32. The standard InChI is InChI=1S/C9H20O2.2C7H6O2/c1-5-7(10)9(3,4)8(11)6-2;2*8-7(9)6-4-2-1-3-5-6/h7-8,10-11H,5-6H2,1-4H3;2*1-5H,(H,8,9). The average Bonchev–Trinajstić information content (AvgIpc) is 2.74. The molecule has 0 aromatic heterocycles. The molecular weight excluding hydrogens is 372 g/mol. The van der Waals surface area contributed by atoms with E-state index in [1.807, 2.05) is 27.7 Å². The maximum absolute atomic E-state index is 10.2. The fourth-order valence-electron chi connectivity index (χ4n) is 2.44. The minimum absolute atomic E-state index is 0.331. The Morgan fingerprint density at radius 1 is 0.724 bits per heavy atom. The van der Waals surface area contributed by atoms with Gasteiger partial charge in [0.25, 0.3) is 0 Å². The van der Waals surface area contributed by atoms with E-state index < -0.39 is 24.1 Å². The van der Waals surface area contributed by atoms with E-state index in [1.54, 1.807) is 60.7 Å². The fourth-order valence-corrected chi connectivity index (χ4v) is 2.44. The second kappa shape index (κ2) is 13.5. The van der Waals surface area contributed by atoms with E-state index in [4.69, 9.17) is 10.2 Å². The van der Waals surface area contributed by atoms with Crippen molar-refractivity contribution in [2.75, 3.05) is 0 Å². The van der Waals surface area contributed by atoms with Crippen LogP contribution in [0.3, 0.4) is 0 Å². The lowest BCUT2D eigenvalue weighted by Crippen LogP contribution is -2.39. The molecule has 0 bridgehead atoms. The van der Waals surface area contributed by atoms with Crippen LogP contribution in [0.4, 0.5) is 0 Å². The first kappa shape index (κ1) is 26.3. The van der Waals surface area contributed by atoms with Crippen LogP contribution in [0.2, 0.25) is 0 Å². The van der Waals surface area contributed by atoms with Crippen molar-refractivity contribution in [3.63, 3.8) is 0 Å². The normalized spacial score (nSPS) is 12.3. The lowest BCUT2D eigenvalue weighted by molar-refractivity contribution is -0.0497. The largest absolute Gasteiger partial charge is 0.478 e. The van der Waals surface area contributed by atoms with Crippen molar-refractivity contribution in [1.82, 2.24) is 0 Å². The van der Waals surface area contributed by atoms with Crippen molar-refractivity contribution >= 4 is 11.9 Å². The van der Waals surface area contributed by atoms with Crippen molar-refractivity contribution in [2.24, 2.45) is 5.41 Å². The van der Waals surface area contributed by atoms with Gasteiger partial charge in [-0.25, -0.2) is 9.59 Å². The summed E-state index contributed by atoms with van der Waals surface area (Å²) in [5, 5.41) is 35.8. The molecule has 160 valence electrons. The molecule has 0 fully saturated rings. The van der Waals surface area contributed by atoms with E-state index >= 15 is 0 Å². The SMILES string of the molecule is CCC(O)C(C)(C)C(O)CC.O=C(O)c1ccccc1.O=C(O)c1ccccc1. The van der Waals surface area contributed by atoms with Gasteiger partial charge in [0.05, 0.1) is 23.3 Å². The molecular formula is C23H32O6. The molecule has 0 aliphatic carbocycles. The van der Waals surface area contributed by atoms with E-state index in [-0.39, 0.29) is 5.41 Å². The molecule has 6 heteroatoms. The summed E-state index contributed by atoms with van der Waals surface area (Å²) in [6.07, 6.45) is 0.587. The summed E-state index contributed by atoms with van der Waals surface area (Å²) in [6.45, 7) is 7.65. The molecule has 6 nitrogen and oxygen atoms in total. The van der Waals surface area contributed by atoms with Gasteiger partial charge in [0.1, 0.15) is 0 Å². The summed E-state index contributed by atoms with van der Waals surface area (Å²) < 4.78 is 0. The van der Waals surface area contributed by atoms with Crippen LogP contribution in [-0.4, -0.2) is 44.6 Å². The third kappa shape index (κ3) is 9.87. The van der Waals surface area contributed by atoms with Crippen molar-refractivity contribution in [3.8, 4) is 0 Å². The molecule has 0 saturated carbocycles. The van der Waals surface area contributed by atoms with Gasteiger partial charge in [0, 0.05) is 5.41 Å². The number of aromatic carboxylic acids is 2. The zero-order chi connectivity index (χ0) is 22.4. The molecule has 0 amide bonds. The third-order valence-corrected chi connectivity index (χ3v) is 4.53. The lowest BCUT2D eigenvalue weighted by Gasteiger charge is -2.34. The van der Waals surface area contributed by atoms with Gasteiger partial charge >= 0.3 is 11.9 Å². The van der Waals surface area contributed by atoms with Crippen LogP contribution in [0.5, 0.6) is 0 Å². The van der Waals surface area contributed by atoms with Crippen LogP contribution in [0.15, 0.2) is 60.7 Å². The minimum Gasteiger partial charge on any atom is -0.478 e. The molecule has 29 heavy (non-hydrogen) atoms. The Hall–Kier alpha value is -2.70. The van der Waals surface area contributed by atoms with Gasteiger partial charge in [-0.2, -0.15) is 0 Å².